The van der Waals surface area contributed by atoms with E-state index in [0.29, 0.717) is 5.92 Å². The van der Waals surface area contributed by atoms with Crippen LogP contribution in [0.15, 0.2) is 53.3 Å². The molecule has 0 bridgehead atoms. The Morgan fingerprint density at radius 3 is 2.67 bits per heavy atom. The summed E-state index contributed by atoms with van der Waals surface area (Å²) in [4.78, 5) is 16.4. The molecule has 0 N–H and O–H groups in total. The highest BCUT2D eigenvalue weighted by Crippen LogP contribution is 2.27. The first-order chi connectivity index (χ1) is 13.1. The number of aromatic nitrogens is 3. The Labute approximate surface area is 168 Å². The van der Waals surface area contributed by atoms with Crippen molar-refractivity contribution in [2.75, 3.05) is 6.54 Å². The third-order valence-corrected chi connectivity index (χ3v) is 5.62. The fourth-order valence-corrected chi connectivity index (χ4v) is 3.90. The molecular formula is C22H23BrN4. The van der Waals surface area contributed by atoms with Crippen LogP contribution >= 0.6 is 15.9 Å². The molecule has 1 aliphatic rings. The van der Waals surface area contributed by atoms with Gasteiger partial charge >= 0.3 is 0 Å². The van der Waals surface area contributed by atoms with Gasteiger partial charge in [0, 0.05) is 65.7 Å². The monoisotopic (exact) mass is 422 g/mol. The summed E-state index contributed by atoms with van der Waals surface area (Å²) in [5.41, 5.74) is 5.81. The van der Waals surface area contributed by atoms with Crippen LogP contribution < -0.4 is 0 Å². The number of hydrogen-bond donors (Lipinski definition) is 0. The Balaban J connectivity index is 1.45. The van der Waals surface area contributed by atoms with E-state index in [9.17, 15) is 0 Å². The van der Waals surface area contributed by atoms with Crippen LogP contribution in [0.5, 0.6) is 0 Å². The molecule has 4 nitrogen and oxygen atoms in total. The summed E-state index contributed by atoms with van der Waals surface area (Å²) in [6, 6.07) is 12.5. The van der Waals surface area contributed by atoms with Crippen molar-refractivity contribution in [1.29, 1.82) is 0 Å². The lowest BCUT2D eigenvalue weighted by molar-refractivity contribution is 0.242. The van der Waals surface area contributed by atoms with Crippen molar-refractivity contribution in [3.8, 4) is 11.3 Å². The molecule has 4 rings (SSSR count). The predicted molar refractivity (Wildman–Crippen MR) is 111 cm³/mol. The standard InChI is InChI=1S/C22H23BrN4/c1-15(2)22-25-12-17-14-27(10-9-20(17)26-22)13-16-7-8-21(24-11-16)18-5-3-4-6-19(18)23/h3-8,11-12,15H,9-10,13-14H2,1-2H3. The van der Waals surface area contributed by atoms with E-state index in [-0.39, 0.29) is 0 Å². The molecule has 2 aromatic heterocycles. The first-order valence-corrected chi connectivity index (χ1v) is 10.2. The molecule has 3 heterocycles. The summed E-state index contributed by atoms with van der Waals surface area (Å²) in [5, 5.41) is 0. The van der Waals surface area contributed by atoms with Crippen molar-refractivity contribution < 1.29 is 0 Å². The molecule has 1 aromatic carbocycles. The zero-order valence-corrected chi connectivity index (χ0v) is 17.3. The highest BCUT2D eigenvalue weighted by atomic mass is 79.9. The molecule has 3 aromatic rings. The van der Waals surface area contributed by atoms with Crippen molar-refractivity contribution in [1.82, 2.24) is 19.9 Å². The van der Waals surface area contributed by atoms with E-state index in [1.807, 2.05) is 30.6 Å². The Morgan fingerprint density at radius 1 is 1.07 bits per heavy atom. The van der Waals surface area contributed by atoms with Gasteiger partial charge in [0.15, 0.2) is 0 Å². The predicted octanol–water partition coefficient (Wildman–Crippen LogP) is 4.98. The van der Waals surface area contributed by atoms with Crippen LogP contribution in [0.4, 0.5) is 0 Å². The van der Waals surface area contributed by atoms with Crippen LogP contribution in [0.25, 0.3) is 11.3 Å². The molecule has 0 saturated carbocycles. The van der Waals surface area contributed by atoms with E-state index in [2.05, 4.69) is 62.8 Å². The minimum absolute atomic E-state index is 0.377. The van der Waals surface area contributed by atoms with Gasteiger partial charge in [-0.1, -0.05) is 54.0 Å². The van der Waals surface area contributed by atoms with Crippen molar-refractivity contribution in [3.63, 3.8) is 0 Å². The van der Waals surface area contributed by atoms with Gasteiger partial charge in [0.1, 0.15) is 5.82 Å². The molecule has 0 aliphatic carbocycles. The third kappa shape index (κ3) is 4.09. The highest BCUT2D eigenvalue weighted by Gasteiger charge is 2.19. The minimum atomic E-state index is 0.377. The first kappa shape index (κ1) is 18.3. The van der Waals surface area contributed by atoms with Gasteiger partial charge in [-0.15, -0.1) is 0 Å². The lowest BCUT2D eigenvalue weighted by Gasteiger charge is -2.28. The molecule has 0 saturated heterocycles. The van der Waals surface area contributed by atoms with Gasteiger partial charge in [-0.3, -0.25) is 9.88 Å². The average Bonchev–Trinajstić information content (AvgIpc) is 2.68. The molecule has 5 heteroatoms. The molecule has 0 spiro atoms. The van der Waals surface area contributed by atoms with E-state index in [1.165, 1.54) is 16.8 Å². The molecule has 0 unspecified atom stereocenters. The third-order valence-electron chi connectivity index (χ3n) is 4.93. The van der Waals surface area contributed by atoms with E-state index < -0.39 is 0 Å². The van der Waals surface area contributed by atoms with Crippen molar-refractivity contribution in [2.24, 2.45) is 0 Å². The minimum Gasteiger partial charge on any atom is -0.294 e. The fourth-order valence-electron chi connectivity index (χ4n) is 3.41. The van der Waals surface area contributed by atoms with Gasteiger partial charge in [0.05, 0.1) is 5.69 Å². The van der Waals surface area contributed by atoms with E-state index in [4.69, 9.17) is 4.98 Å². The maximum Gasteiger partial charge on any atom is 0.131 e. The van der Waals surface area contributed by atoms with Gasteiger partial charge < -0.3 is 0 Å². The average molecular weight is 423 g/mol. The molecule has 0 atom stereocenters. The van der Waals surface area contributed by atoms with E-state index in [0.717, 1.165) is 47.6 Å². The second kappa shape index (κ2) is 7.87. The zero-order valence-electron chi connectivity index (χ0n) is 15.7. The SMILES string of the molecule is CC(C)c1ncc2c(n1)CCN(Cc1ccc(-c3ccccc3Br)nc1)C2. The Hall–Kier alpha value is -2.11. The number of fused-ring (bicyclic) bond motifs is 1. The van der Waals surface area contributed by atoms with Crippen LogP contribution in [0.1, 0.15) is 42.4 Å². The summed E-state index contributed by atoms with van der Waals surface area (Å²) in [5.74, 6) is 1.33. The molecule has 0 radical (unpaired) electrons. The van der Waals surface area contributed by atoms with Gasteiger partial charge in [-0.25, -0.2) is 9.97 Å². The van der Waals surface area contributed by atoms with Gasteiger partial charge in [-0.2, -0.15) is 0 Å². The van der Waals surface area contributed by atoms with Crippen molar-refractivity contribution in [2.45, 2.75) is 39.3 Å². The summed E-state index contributed by atoms with van der Waals surface area (Å²) < 4.78 is 1.07. The van der Waals surface area contributed by atoms with Crippen molar-refractivity contribution >= 4 is 15.9 Å². The summed E-state index contributed by atoms with van der Waals surface area (Å²) >= 11 is 3.60. The number of nitrogens with zero attached hydrogens (tertiary/aromatic N) is 4. The summed E-state index contributed by atoms with van der Waals surface area (Å²) in [7, 11) is 0. The Morgan fingerprint density at radius 2 is 1.93 bits per heavy atom. The number of pyridine rings is 1. The van der Waals surface area contributed by atoms with Crippen molar-refractivity contribution in [3.05, 3.63) is 75.9 Å². The molecule has 0 amide bonds. The van der Waals surface area contributed by atoms with Gasteiger partial charge in [0.25, 0.3) is 0 Å². The summed E-state index contributed by atoms with van der Waals surface area (Å²) in [6.07, 6.45) is 4.99. The van der Waals surface area contributed by atoms with E-state index >= 15 is 0 Å². The van der Waals surface area contributed by atoms with Gasteiger partial charge in [0.2, 0.25) is 0 Å². The largest absolute Gasteiger partial charge is 0.294 e. The van der Waals surface area contributed by atoms with Crippen LogP contribution in [0.2, 0.25) is 0 Å². The first-order valence-electron chi connectivity index (χ1n) is 9.37. The maximum absolute atomic E-state index is 4.75. The summed E-state index contributed by atoms with van der Waals surface area (Å²) in [6.45, 7) is 7.10. The Kier molecular flexibility index (Phi) is 5.32. The quantitative estimate of drug-likeness (QED) is 0.594. The molecule has 1 aliphatic heterocycles. The zero-order chi connectivity index (χ0) is 18.8. The molecule has 138 valence electrons. The smallest absolute Gasteiger partial charge is 0.131 e. The highest BCUT2D eigenvalue weighted by molar-refractivity contribution is 9.10. The normalized spacial score (nSPS) is 14.4. The lowest BCUT2D eigenvalue weighted by atomic mass is 10.1. The number of hydrogen-bond acceptors (Lipinski definition) is 4. The second-order valence-electron chi connectivity index (χ2n) is 7.35. The molecule has 27 heavy (non-hydrogen) atoms. The fraction of sp³-hybridized carbons (Fsp3) is 0.318. The van der Waals surface area contributed by atoms with Crippen LogP contribution in [-0.2, 0) is 19.5 Å². The lowest BCUT2D eigenvalue weighted by Crippen LogP contribution is -2.31. The van der Waals surface area contributed by atoms with Crippen LogP contribution in [-0.4, -0.2) is 26.4 Å². The maximum atomic E-state index is 4.75. The number of rotatable bonds is 4. The number of halogens is 1. The molecular weight excluding hydrogens is 400 g/mol. The second-order valence-corrected chi connectivity index (χ2v) is 8.20. The number of benzene rings is 1. The Bertz CT molecular complexity index is 937. The van der Waals surface area contributed by atoms with Crippen LogP contribution in [0.3, 0.4) is 0 Å². The van der Waals surface area contributed by atoms with E-state index in [1.54, 1.807) is 0 Å². The molecule has 0 fully saturated rings. The van der Waals surface area contributed by atoms with Gasteiger partial charge in [-0.05, 0) is 17.7 Å². The van der Waals surface area contributed by atoms with Crippen LogP contribution in [0, 0.1) is 0 Å². The topological polar surface area (TPSA) is 41.9 Å².